The van der Waals surface area contributed by atoms with Crippen molar-refractivity contribution in [1.29, 1.82) is 0 Å². The largest absolute Gasteiger partial charge is 0.256 e. The maximum absolute atomic E-state index is 5.59. The minimum absolute atomic E-state index is 0.456. The molecule has 1 aromatic heterocycles. The molecule has 0 radical (unpaired) electrons. The van der Waals surface area contributed by atoms with Crippen molar-refractivity contribution in [3.05, 3.63) is 23.2 Å². The molecule has 60 valence electrons. The van der Waals surface area contributed by atoms with Gasteiger partial charge in [-0.3, -0.25) is 4.98 Å². The molecule has 3 heteroatoms. The van der Waals surface area contributed by atoms with E-state index in [1.807, 2.05) is 0 Å². The summed E-state index contributed by atoms with van der Waals surface area (Å²) in [6.45, 7) is 4.25. The highest BCUT2D eigenvalue weighted by Gasteiger charge is 2.03. The van der Waals surface area contributed by atoms with E-state index in [4.69, 9.17) is 11.6 Å². The zero-order valence-electron chi connectivity index (χ0n) is 6.71. The molecule has 0 saturated carbocycles. The smallest absolute Gasteiger partial charge is 0.147 e. The summed E-state index contributed by atoms with van der Waals surface area (Å²) in [6, 6.07) is 0. The Labute approximate surface area is 71.6 Å². The van der Waals surface area contributed by atoms with E-state index < -0.39 is 0 Å². The fourth-order valence-corrected chi connectivity index (χ4v) is 0.883. The maximum atomic E-state index is 5.59. The Bertz CT molecular complexity index is 220. The van der Waals surface area contributed by atoms with E-state index in [0.29, 0.717) is 11.1 Å². The summed E-state index contributed by atoms with van der Waals surface area (Å²) >= 11 is 5.59. The molecule has 0 aromatic carbocycles. The van der Waals surface area contributed by atoms with Crippen LogP contribution >= 0.6 is 11.6 Å². The predicted octanol–water partition coefficient (Wildman–Crippen LogP) is 2.64. The maximum Gasteiger partial charge on any atom is 0.147 e. The van der Waals surface area contributed by atoms with Crippen molar-refractivity contribution in [1.82, 2.24) is 9.97 Å². The number of hydrogen-bond donors (Lipinski definition) is 0. The first-order valence-electron chi connectivity index (χ1n) is 3.71. The van der Waals surface area contributed by atoms with Crippen molar-refractivity contribution in [2.24, 2.45) is 0 Å². The minimum Gasteiger partial charge on any atom is -0.256 e. The molecule has 0 aliphatic rings. The van der Waals surface area contributed by atoms with Gasteiger partial charge < -0.3 is 0 Å². The van der Waals surface area contributed by atoms with Gasteiger partial charge in [0, 0.05) is 0 Å². The molecule has 1 atom stereocenters. The van der Waals surface area contributed by atoms with Gasteiger partial charge in [-0.15, -0.1) is 0 Å². The Morgan fingerprint density at radius 3 is 2.64 bits per heavy atom. The first kappa shape index (κ1) is 8.47. The zero-order valence-corrected chi connectivity index (χ0v) is 7.47. The Morgan fingerprint density at radius 1 is 1.45 bits per heavy atom. The van der Waals surface area contributed by atoms with Crippen molar-refractivity contribution in [2.75, 3.05) is 0 Å². The van der Waals surface area contributed by atoms with E-state index in [0.717, 1.165) is 12.1 Å². The summed E-state index contributed by atoms with van der Waals surface area (Å²) in [4.78, 5) is 8.11. The molecule has 1 aromatic rings. The Kier molecular flexibility index (Phi) is 2.83. The van der Waals surface area contributed by atoms with E-state index >= 15 is 0 Å². The van der Waals surface area contributed by atoms with Crippen molar-refractivity contribution in [3.63, 3.8) is 0 Å². The van der Waals surface area contributed by atoms with Gasteiger partial charge in [-0.2, -0.15) is 0 Å². The van der Waals surface area contributed by atoms with Crippen LogP contribution in [0.2, 0.25) is 5.15 Å². The summed E-state index contributed by atoms with van der Waals surface area (Å²) in [5.41, 5.74) is 1.01. The second-order valence-electron chi connectivity index (χ2n) is 2.57. The molecule has 0 amide bonds. The second kappa shape index (κ2) is 3.67. The van der Waals surface area contributed by atoms with Crippen LogP contribution < -0.4 is 0 Å². The van der Waals surface area contributed by atoms with E-state index in [2.05, 4.69) is 23.8 Å². The van der Waals surface area contributed by atoms with Crippen LogP contribution in [0.4, 0.5) is 0 Å². The fraction of sp³-hybridized carbons (Fsp3) is 0.500. The van der Waals surface area contributed by atoms with Crippen LogP contribution in [0, 0.1) is 0 Å². The molecular formula is C8H11ClN2. The standard InChI is InChI=1S/C8H11ClN2/c1-3-6(2)7-4-11-8(9)5-10-7/h4-6H,3H2,1-2H3. The number of nitrogens with zero attached hydrogens (tertiary/aromatic N) is 2. The highest BCUT2D eigenvalue weighted by atomic mass is 35.5. The quantitative estimate of drug-likeness (QED) is 0.682. The average Bonchev–Trinajstić information content (AvgIpc) is 2.05. The van der Waals surface area contributed by atoms with Crippen molar-refractivity contribution in [3.8, 4) is 0 Å². The Morgan fingerprint density at radius 2 is 2.18 bits per heavy atom. The van der Waals surface area contributed by atoms with Crippen LogP contribution in [0.1, 0.15) is 31.9 Å². The molecule has 0 spiro atoms. The van der Waals surface area contributed by atoms with Gasteiger partial charge in [0.25, 0.3) is 0 Å². The molecule has 0 saturated heterocycles. The lowest BCUT2D eigenvalue weighted by molar-refractivity contribution is 0.703. The topological polar surface area (TPSA) is 25.8 Å². The first-order valence-corrected chi connectivity index (χ1v) is 4.09. The molecule has 0 N–H and O–H groups in total. The third kappa shape index (κ3) is 2.15. The third-order valence-electron chi connectivity index (χ3n) is 1.76. The van der Waals surface area contributed by atoms with Crippen LogP contribution in [0.15, 0.2) is 12.4 Å². The molecule has 2 nitrogen and oxygen atoms in total. The molecule has 1 heterocycles. The lowest BCUT2D eigenvalue weighted by Crippen LogP contribution is -1.95. The monoisotopic (exact) mass is 170 g/mol. The summed E-state index contributed by atoms with van der Waals surface area (Å²) in [7, 11) is 0. The summed E-state index contributed by atoms with van der Waals surface area (Å²) in [5, 5.41) is 0.456. The number of halogens is 1. The van der Waals surface area contributed by atoms with Gasteiger partial charge in [0.1, 0.15) is 5.15 Å². The van der Waals surface area contributed by atoms with Crippen LogP contribution in [0.3, 0.4) is 0 Å². The Balaban J connectivity index is 2.81. The number of rotatable bonds is 2. The fourth-order valence-electron chi connectivity index (χ4n) is 0.786. The molecule has 0 aliphatic carbocycles. The average molecular weight is 171 g/mol. The van der Waals surface area contributed by atoms with Gasteiger partial charge in [0.15, 0.2) is 0 Å². The lowest BCUT2D eigenvalue weighted by atomic mass is 10.1. The minimum atomic E-state index is 0.456. The molecule has 0 aliphatic heterocycles. The third-order valence-corrected chi connectivity index (χ3v) is 1.95. The predicted molar refractivity (Wildman–Crippen MR) is 45.7 cm³/mol. The first-order chi connectivity index (χ1) is 5.24. The number of aromatic nitrogens is 2. The van der Waals surface area contributed by atoms with Crippen LogP contribution in [-0.2, 0) is 0 Å². The molecule has 0 bridgehead atoms. The van der Waals surface area contributed by atoms with Crippen LogP contribution in [0.25, 0.3) is 0 Å². The van der Waals surface area contributed by atoms with Gasteiger partial charge in [-0.25, -0.2) is 4.98 Å². The molecule has 1 rings (SSSR count). The van der Waals surface area contributed by atoms with Gasteiger partial charge in [-0.05, 0) is 12.3 Å². The zero-order chi connectivity index (χ0) is 8.27. The molecule has 11 heavy (non-hydrogen) atoms. The molecule has 1 unspecified atom stereocenters. The van der Waals surface area contributed by atoms with E-state index in [-0.39, 0.29) is 0 Å². The van der Waals surface area contributed by atoms with E-state index in [9.17, 15) is 0 Å². The van der Waals surface area contributed by atoms with Gasteiger partial charge in [0.2, 0.25) is 0 Å². The second-order valence-corrected chi connectivity index (χ2v) is 2.96. The summed E-state index contributed by atoms with van der Waals surface area (Å²) in [6.07, 6.45) is 4.40. The van der Waals surface area contributed by atoms with Crippen LogP contribution in [-0.4, -0.2) is 9.97 Å². The van der Waals surface area contributed by atoms with Gasteiger partial charge in [0.05, 0.1) is 18.1 Å². The normalized spacial score (nSPS) is 13.0. The summed E-state index contributed by atoms with van der Waals surface area (Å²) < 4.78 is 0. The molecule has 0 fully saturated rings. The van der Waals surface area contributed by atoms with Crippen LogP contribution in [0.5, 0.6) is 0 Å². The van der Waals surface area contributed by atoms with Gasteiger partial charge >= 0.3 is 0 Å². The van der Waals surface area contributed by atoms with Gasteiger partial charge in [-0.1, -0.05) is 25.4 Å². The van der Waals surface area contributed by atoms with Crippen molar-refractivity contribution < 1.29 is 0 Å². The highest BCUT2D eigenvalue weighted by molar-refractivity contribution is 6.29. The van der Waals surface area contributed by atoms with E-state index in [1.54, 1.807) is 12.4 Å². The Hall–Kier alpha value is -0.630. The van der Waals surface area contributed by atoms with Crippen molar-refractivity contribution >= 4 is 11.6 Å². The highest BCUT2D eigenvalue weighted by Crippen LogP contribution is 2.15. The lowest BCUT2D eigenvalue weighted by Gasteiger charge is -2.05. The van der Waals surface area contributed by atoms with E-state index in [1.165, 1.54) is 0 Å². The SMILES string of the molecule is CCC(C)c1cnc(Cl)cn1. The summed E-state index contributed by atoms with van der Waals surface area (Å²) in [5.74, 6) is 0.472. The van der Waals surface area contributed by atoms with Crippen molar-refractivity contribution in [2.45, 2.75) is 26.2 Å². The molecular weight excluding hydrogens is 160 g/mol. The number of hydrogen-bond acceptors (Lipinski definition) is 2.